The fraction of sp³-hybridized carbons (Fsp3) is 0.778. The van der Waals surface area contributed by atoms with Crippen LogP contribution < -0.4 is 0 Å². The quantitative estimate of drug-likeness (QED) is 0.475. The van der Waals surface area contributed by atoms with Gasteiger partial charge < -0.3 is 14.2 Å². The summed E-state index contributed by atoms with van der Waals surface area (Å²) in [6.07, 6.45) is 0.959. The highest BCUT2D eigenvalue weighted by Crippen LogP contribution is 2.13. The van der Waals surface area contributed by atoms with Crippen LogP contribution in [0.3, 0.4) is 0 Å². The van der Waals surface area contributed by atoms with Crippen molar-refractivity contribution in [2.75, 3.05) is 19.8 Å². The number of ether oxygens (including phenoxy) is 3. The second-order valence-corrected chi connectivity index (χ2v) is 2.64. The zero-order valence-corrected chi connectivity index (χ0v) is 9.13. The lowest BCUT2D eigenvalue weighted by Crippen LogP contribution is -2.17. The van der Waals surface area contributed by atoms with Crippen molar-refractivity contribution in [2.45, 2.75) is 27.1 Å². The molecule has 0 saturated heterocycles. The molecule has 4 heteroatoms. The first-order chi connectivity index (χ1) is 6.26. The Kier molecular flexibility index (Phi) is 8.19. The molecule has 0 spiro atoms. The molecule has 0 unspecified atom stereocenters. The van der Waals surface area contributed by atoms with E-state index in [2.05, 4.69) is 0 Å². The van der Waals surface area contributed by atoms with Crippen molar-refractivity contribution >= 4 is 11.6 Å². The summed E-state index contributed by atoms with van der Waals surface area (Å²) in [5.41, 5.74) is 0. The van der Waals surface area contributed by atoms with Gasteiger partial charge in [-0.25, -0.2) is 0 Å². The number of rotatable bonds is 7. The third-order valence-electron chi connectivity index (χ3n) is 1.22. The predicted octanol–water partition coefficient (Wildman–Crippen LogP) is 2.50. The zero-order valence-electron chi connectivity index (χ0n) is 8.38. The van der Waals surface area contributed by atoms with Gasteiger partial charge in [0, 0.05) is 13.2 Å². The lowest BCUT2D eigenvalue weighted by Gasteiger charge is -2.15. The normalized spacial score (nSPS) is 12.2. The molecule has 0 N–H and O–H groups in total. The van der Waals surface area contributed by atoms with Crippen LogP contribution in [0.1, 0.15) is 20.8 Å². The van der Waals surface area contributed by atoms with Crippen molar-refractivity contribution in [3.8, 4) is 0 Å². The highest BCUT2D eigenvalue weighted by atomic mass is 35.5. The number of hydrogen-bond donors (Lipinski definition) is 0. The molecule has 0 heterocycles. The van der Waals surface area contributed by atoms with Crippen LogP contribution in [0, 0.1) is 0 Å². The second-order valence-electron chi connectivity index (χ2n) is 2.20. The smallest absolute Gasteiger partial charge is 0.197 e. The molecule has 0 aliphatic rings. The van der Waals surface area contributed by atoms with Crippen molar-refractivity contribution in [2.24, 2.45) is 0 Å². The lowest BCUT2D eigenvalue weighted by molar-refractivity contribution is -0.108. The van der Waals surface area contributed by atoms with E-state index in [0.29, 0.717) is 24.9 Å². The maximum Gasteiger partial charge on any atom is 0.197 e. The maximum atomic E-state index is 5.87. The summed E-state index contributed by atoms with van der Waals surface area (Å²) in [5, 5.41) is 0.436. The molecule has 0 aliphatic carbocycles. The van der Waals surface area contributed by atoms with Gasteiger partial charge in [-0.2, -0.15) is 0 Å². The van der Waals surface area contributed by atoms with Gasteiger partial charge in [-0.3, -0.25) is 0 Å². The fourth-order valence-corrected chi connectivity index (χ4v) is 0.918. The monoisotopic (exact) mass is 208 g/mol. The van der Waals surface area contributed by atoms with E-state index < -0.39 is 6.29 Å². The summed E-state index contributed by atoms with van der Waals surface area (Å²) >= 11 is 5.87. The van der Waals surface area contributed by atoms with Crippen LogP contribution in [0.5, 0.6) is 0 Å². The van der Waals surface area contributed by atoms with Gasteiger partial charge in [-0.15, -0.1) is 0 Å². The topological polar surface area (TPSA) is 27.7 Å². The van der Waals surface area contributed by atoms with Gasteiger partial charge in [0.25, 0.3) is 0 Å². The Bertz CT molecular complexity index is 142. The molecule has 0 atom stereocenters. The van der Waals surface area contributed by atoms with Crippen LogP contribution >= 0.6 is 11.6 Å². The molecule has 0 aromatic carbocycles. The first kappa shape index (κ1) is 12.8. The van der Waals surface area contributed by atoms with Crippen LogP contribution in [0.25, 0.3) is 0 Å². The molecule has 0 bridgehead atoms. The van der Waals surface area contributed by atoms with Crippen LogP contribution in [-0.4, -0.2) is 26.1 Å². The van der Waals surface area contributed by atoms with E-state index >= 15 is 0 Å². The summed E-state index contributed by atoms with van der Waals surface area (Å²) in [7, 11) is 0. The number of halogens is 1. The van der Waals surface area contributed by atoms with Crippen LogP contribution in [-0.2, 0) is 14.2 Å². The molecule has 0 aromatic rings. The maximum absolute atomic E-state index is 5.87. The van der Waals surface area contributed by atoms with Crippen LogP contribution in [0.15, 0.2) is 11.3 Å². The van der Waals surface area contributed by atoms with E-state index in [0.717, 1.165) is 0 Å². The van der Waals surface area contributed by atoms with E-state index in [1.54, 1.807) is 0 Å². The predicted molar refractivity (Wildman–Crippen MR) is 52.6 cm³/mol. The van der Waals surface area contributed by atoms with E-state index in [1.165, 1.54) is 6.26 Å². The molecule has 0 fully saturated rings. The largest absolute Gasteiger partial charge is 0.500 e. The minimum atomic E-state index is -0.497. The highest BCUT2D eigenvalue weighted by Gasteiger charge is 2.12. The average Bonchev–Trinajstić information content (AvgIpc) is 2.14. The van der Waals surface area contributed by atoms with Gasteiger partial charge in [0.2, 0.25) is 0 Å². The van der Waals surface area contributed by atoms with Gasteiger partial charge in [0.05, 0.1) is 6.61 Å². The van der Waals surface area contributed by atoms with E-state index in [-0.39, 0.29) is 0 Å². The van der Waals surface area contributed by atoms with Crippen molar-refractivity contribution in [1.29, 1.82) is 0 Å². The van der Waals surface area contributed by atoms with Gasteiger partial charge >= 0.3 is 0 Å². The molecule has 0 radical (unpaired) electrons. The Hall–Kier alpha value is -0.250. The zero-order chi connectivity index (χ0) is 10.1. The van der Waals surface area contributed by atoms with E-state index in [1.807, 2.05) is 20.8 Å². The lowest BCUT2D eigenvalue weighted by atomic mass is 10.5. The molecule has 0 amide bonds. The Labute approximate surface area is 84.6 Å². The Morgan fingerprint density at radius 1 is 1.15 bits per heavy atom. The van der Waals surface area contributed by atoms with Crippen LogP contribution in [0.2, 0.25) is 0 Å². The van der Waals surface area contributed by atoms with Gasteiger partial charge in [-0.05, 0) is 20.8 Å². The Morgan fingerprint density at radius 2 is 1.69 bits per heavy atom. The van der Waals surface area contributed by atoms with E-state index in [9.17, 15) is 0 Å². The summed E-state index contributed by atoms with van der Waals surface area (Å²) < 4.78 is 15.5. The summed E-state index contributed by atoms with van der Waals surface area (Å²) in [6, 6.07) is 0. The summed E-state index contributed by atoms with van der Waals surface area (Å²) in [5.74, 6) is 0. The standard InChI is InChI=1S/C9H17ClO3/c1-4-11-7-8(10)9(12-5-2)13-6-3/h7,9H,4-6H2,1-3H3/b8-7+. The third-order valence-corrected chi connectivity index (χ3v) is 1.49. The third kappa shape index (κ3) is 5.91. The highest BCUT2D eigenvalue weighted by molar-refractivity contribution is 6.29. The van der Waals surface area contributed by atoms with Gasteiger partial charge in [-0.1, -0.05) is 11.6 Å². The average molecular weight is 209 g/mol. The first-order valence-electron chi connectivity index (χ1n) is 4.46. The molecule has 0 aromatic heterocycles. The van der Waals surface area contributed by atoms with Gasteiger partial charge in [0.1, 0.15) is 11.3 Å². The van der Waals surface area contributed by atoms with E-state index in [4.69, 9.17) is 25.8 Å². The summed E-state index contributed by atoms with van der Waals surface area (Å²) in [4.78, 5) is 0. The molecule has 78 valence electrons. The van der Waals surface area contributed by atoms with Gasteiger partial charge in [0.15, 0.2) is 6.29 Å². The first-order valence-corrected chi connectivity index (χ1v) is 4.84. The van der Waals surface area contributed by atoms with Crippen molar-refractivity contribution in [3.05, 3.63) is 11.3 Å². The molecular formula is C9H17ClO3. The SMILES string of the molecule is CCO/C=C(/Cl)C(OCC)OCC. The number of hydrogen-bond acceptors (Lipinski definition) is 3. The van der Waals surface area contributed by atoms with Crippen molar-refractivity contribution < 1.29 is 14.2 Å². The molecule has 13 heavy (non-hydrogen) atoms. The molecule has 0 aliphatic heterocycles. The molecule has 0 saturated carbocycles. The minimum Gasteiger partial charge on any atom is -0.500 e. The Morgan fingerprint density at radius 3 is 2.08 bits per heavy atom. The van der Waals surface area contributed by atoms with Crippen LogP contribution in [0.4, 0.5) is 0 Å². The minimum absolute atomic E-state index is 0.436. The van der Waals surface area contributed by atoms with Crippen molar-refractivity contribution in [3.63, 3.8) is 0 Å². The Balaban J connectivity index is 4.00. The van der Waals surface area contributed by atoms with Crippen molar-refractivity contribution in [1.82, 2.24) is 0 Å². The molecular weight excluding hydrogens is 192 g/mol. The summed E-state index contributed by atoms with van der Waals surface area (Å²) in [6.45, 7) is 7.35. The molecule has 0 rings (SSSR count). The molecule has 3 nitrogen and oxygen atoms in total. The fourth-order valence-electron chi connectivity index (χ4n) is 0.729. The second kappa shape index (κ2) is 8.35.